The van der Waals surface area contributed by atoms with Crippen LogP contribution in [0.2, 0.25) is 0 Å². The number of ether oxygens (including phenoxy) is 1. The number of unbranched alkanes of at least 4 members (excludes halogenated alkanes) is 1. The molecule has 6 nitrogen and oxygen atoms in total. The number of aromatic nitrogens is 2. The van der Waals surface area contributed by atoms with Gasteiger partial charge in [-0.05, 0) is 75.1 Å². The van der Waals surface area contributed by atoms with E-state index in [2.05, 4.69) is 4.98 Å². The van der Waals surface area contributed by atoms with Crippen LogP contribution in [-0.2, 0) is 11.2 Å². The normalized spacial score (nSPS) is 17.1. The number of alkyl halides is 3. The highest BCUT2D eigenvalue weighted by molar-refractivity contribution is 5.74. The van der Waals surface area contributed by atoms with Gasteiger partial charge in [0.05, 0.1) is 18.2 Å². The van der Waals surface area contributed by atoms with E-state index >= 15 is 0 Å². The molecule has 1 saturated heterocycles. The van der Waals surface area contributed by atoms with E-state index in [-0.39, 0.29) is 12.3 Å². The van der Waals surface area contributed by atoms with Gasteiger partial charge in [-0.1, -0.05) is 0 Å². The molecule has 2 heterocycles. The van der Waals surface area contributed by atoms with Crippen molar-refractivity contribution in [1.82, 2.24) is 9.97 Å². The number of aliphatic carboxylic acids is 1. The van der Waals surface area contributed by atoms with Crippen LogP contribution in [-0.4, -0.2) is 46.9 Å². The predicted molar refractivity (Wildman–Crippen MR) is 122 cm³/mol. The molecule has 0 amide bonds. The highest BCUT2D eigenvalue weighted by Crippen LogP contribution is 2.33. The van der Waals surface area contributed by atoms with Gasteiger partial charge in [-0.25, -0.2) is 4.98 Å². The summed E-state index contributed by atoms with van der Waals surface area (Å²) in [5.41, 5.74) is 2.19. The van der Waals surface area contributed by atoms with E-state index in [1.165, 1.54) is 12.8 Å². The fraction of sp³-hybridized carbons (Fsp3) is 0.560. The molecule has 2 fully saturated rings. The molecule has 0 spiro atoms. The lowest BCUT2D eigenvalue weighted by Gasteiger charge is -2.32. The Balaban J connectivity index is 1.50. The molecule has 0 unspecified atom stereocenters. The number of hydrogen-bond acceptors (Lipinski definition) is 5. The van der Waals surface area contributed by atoms with Crippen LogP contribution in [0.3, 0.4) is 0 Å². The molecule has 0 radical (unpaired) electrons. The number of carbonyl (C=O) groups is 1. The van der Waals surface area contributed by atoms with Crippen molar-refractivity contribution in [1.29, 1.82) is 0 Å². The third kappa shape index (κ3) is 6.84. The van der Waals surface area contributed by atoms with Crippen molar-refractivity contribution < 1.29 is 27.8 Å². The fourth-order valence-electron chi connectivity index (χ4n) is 4.14. The summed E-state index contributed by atoms with van der Waals surface area (Å²) in [4.78, 5) is 22.8. The third-order valence-electron chi connectivity index (χ3n) is 6.40. The summed E-state index contributed by atoms with van der Waals surface area (Å²) in [6, 6.07) is 7.68. The second-order valence-electron chi connectivity index (χ2n) is 9.23. The van der Waals surface area contributed by atoms with Crippen molar-refractivity contribution >= 4 is 11.8 Å². The zero-order chi connectivity index (χ0) is 24.1. The van der Waals surface area contributed by atoms with Gasteiger partial charge in [0.2, 0.25) is 0 Å². The van der Waals surface area contributed by atoms with Gasteiger partial charge in [0.15, 0.2) is 5.82 Å². The maximum absolute atomic E-state index is 12.5. The Kier molecular flexibility index (Phi) is 7.58. The van der Waals surface area contributed by atoms with E-state index < -0.39 is 18.6 Å². The SMILES string of the molecule is O=C(O)C1CCN(c2nc(CCCCC(F)(F)F)cnc2-c2ccc(OCC3CC3)cc2)CC1. The molecule has 0 bridgehead atoms. The number of rotatable bonds is 10. The van der Waals surface area contributed by atoms with Gasteiger partial charge in [0.25, 0.3) is 0 Å². The maximum atomic E-state index is 12.5. The van der Waals surface area contributed by atoms with Gasteiger partial charge < -0.3 is 14.7 Å². The Morgan fingerprint density at radius 1 is 1.09 bits per heavy atom. The van der Waals surface area contributed by atoms with E-state index in [4.69, 9.17) is 9.72 Å². The Bertz CT molecular complexity index is 970. The number of carboxylic acid groups (broad SMARTS) is 1. The topological polar surface area (TPSA) is 75.5 Å². The molecule has 2 aromatic rings. The lowest BCUT2D eigenvalue weighted by Crippen LogP contribution is -2.37. The van der Waals surface area contributed by atoms with Crippen LogP contribution in [0.15, 0.2) is 30.5 Å². The Morgan fingerprint density at radius 3 is 2.41 bits per heavy atom. The van der Waals surface area contributed by atoms with Crippen LogP contribution in [0.1, 0.15) is 50.6 Å². The molecule has 4 rings (SSSR count). The number of carboxylic acids is 1. The lowest BCUT2D eigenvalue weighted by atomic mass is 9.97. The largest absolute Gasteiger partial charge is 0.493 e. The van der Waals surface area contributed by atoms with E-state index in [0.29, 0.717) is 61.9 Å². The first kappa shape index (κ1) is 24.3. The van der Waals surface area contributed by atoms with Gasteiger partial charge in [0.1, 0.15) is 11.4 Å². The first-order valence-corrected chi connectivity index (χ1v) is 11.9. The van der Waals surface area contributed by atoms with Crippen LogP contribution in [0.4, 0.5) is 19.0 Å². The zero-order valence-electron chi connectivity index (χ0n) is 19.1. The van der Waals surface area contributed by atoms with Crippen LogP contribution in [0, 0.1) is 11.8 Å². The molecule has 0 atom stereocenters. The van der Waals surface area contributed by atoms with E-state index in [1.807, 2.05) is 29.2 Å². The number of nitrogens with zero attached hydrogens (tertiary/aromatic N) is 3. The summed E-state index contributed by atoms with van der Waals surface area (Å²) in [7, 11) is 0. The van der Waals surface area contributed by atoms with Gasteiger partial charge in [-0.3, -0.25) is 9.78 Å². The molecule has 1 aliphatic heterocycles. The standard InChI is InChI=1S/C25H30F3N3O3/c26-25(27,28)12-2-1-3-20-15-29-22(18-6-8-21(9-7-18)34-16-17-4-5-17)23(30-20)31-13-10-19(11-14-31)24(32)33/h6-9,15,17,19H,1-5,10-14,16H2,(H,32,33). The number of anilines is 1. The number of aryl methyl sites for hydroxylation is 1. The summed E-state index contributed by atoms with van der Waals surface area (Å²) >= 11 is 0. The van der Waals surface area contributed by atoms with Crippen molar-refractivity contribution in [2.75, 3.05) is 24.6 Å². The van der Waals surface area contributed by atoms with Crippen molar-refractivity contribution in [2.24, 2.45) is 11.8 Å². The number of halogens is 3. The Labute approximate surface area is 197 Å². The molecule has 1 saturated carbocycles. The van der Waals surface area contributed by atoms with Gasteiger partial charge in [0, 0.05) is 31.3 Å². The second kappa shape index (κ2) is 10.6. The Morgan fingerprint density at radius 2 is 1.79 bits per heavy atom. The molecule has 2 aliphatic rings. The molecular formula is C25H30F3N3O3. The number of piperidine rings is 1. The average Bonchev–Trinajstić information content (AvgIpc) is 3.65. The van der Waals surface area contributed by atoms with Crippen molar-refractivity contribution in [2.45, 2.75) is 57.5 Å². The van der Waals surface area contributed by atoms with E-state index in [9.17, 15) is 23.1 Å². The number of hydrogen-bond donors (Lipinski definition) is 1. The van der Waals surface area contributed by atoms with Gasteiger partial charge >= 0.3 is 12.1 Å². The maximum Gasteiger partial charge on any atom is 0.389 e. The van der Waals surface area contributed by atoms with Crippen LogP contribution in [0.5, 0.6) is 5.75 Å². The molecule has 1 aromatic carbocycles. The smallest absolute Gasteiger partial charge is 0.389 e. The van der Waals surface area contributed by atoms with Gasteiger partial charge in [-0.15, -0.1) is 0 Å². The summed E-state index contributed by atoms with van der Waals surface area (Å²) in [5, 5.41) is 9.32. The van der Waals surface area contributed by atoms with E-state index in [0.717, 1.165) is 17.9 Å². The summed E-state index contributed by atoms with van der Waals surface area (Å²) < 4.78 is 43.2. The van der Waals surface area contributed by atoms with Crippen molar-refractivity contribution in [3.05, 3.63) is 36.2 Å². The summed E-state index contributed by atoms with van der Waals surface area (Å²) in [5.74, 6) is 0.958. The average molecular weight is 478 g/mol. The van der Waals surface area contributed by atoms with Crippen LogP contribution < -0.4 is 9.64 Å². The zero-order valence-corrected chi connectivity index (χ0v) is 19.1. The Hall–Kier alpha value is -2.84. The fourth-order valence-corrected chi connectivity index (χ4v) is 4.14. The van der Waals surface area contributed by atoms with Crippen molar-refractivity contribution in [3.63, 3.8) is 0 Å². The lowest BCUT2D eigenvalue weighted by molar-refractivity contribution is -0.142. The minimum Gasteiger partial charge on any atom is -0.493 e. The van der Waals surface area contributed by atoms with E-state index in [1.54, 1.807) is 6.20 Å². The predicted octanol–water partition coefficient (Wildman–Crippen LogP) is 5.51. The van der Waals surface area contributed by atoms with Crippen LogP contribution >= 0.6 is 0 Å². The minimum absolute atomic E-state index is 0.0502. The third-order valence-corrected chi connectivity index (χ3v) is 6.40. The number of benzene rings is 1. The monoisotopic (exact) mass is 477 g/mol. The molecule has 9 heteroatoms. The quantitative estimate of drug-likeness (QED) is 0.455. The second-order valence-corrected chi connectivity index (χ2v) is 9.23. The molecule has 34 heavy (non-hydrogen) atoms. The highest BCUT2D eigenvalue weighted by Gasteiger charge is 2.28. The molecule has 1 aromatic heterocycles. The molecular weight excluding hydrogens is 447 g/mol. The minimum atomic E-state index is -4.15. The molecule has 1 aliphatic carbocycles. The highest BCUT2D eigenvalue weighted by atomic mass is 19.4. The first-order chi connectivity index (χ1) is 16.3. The summed E-state index contributed by atoms with van der Waals surface area (Å²) in [6.07, 6.45) is 0.989. The molecule has 184 valence electrons. The first-order valence-electron chi connectivity index (χ1n) is 11.9. The van der Waals surface area contributed by atoms with Gasteiger partial charge in [-0.2, -0.15) is 13.2 Å². The van der Waals surface area contributed by atoms with Crippen molar-refractivity contribution in [3.8, 4) is 17.0 Å². The molecule has 1 N–H and O–H groups in total. The summed E-state index contributed by atoms with van der Waals surface area (Å²) in [6.45, 7) is 1.81. The van der Waals surface area contributed by atoms with Crippen LogP contribution in [0.25, 0.3) is 11.3 Å².